The Morgan fingerprint density at radius 1 is 1.12 bits per heavy atom. The Labute approximate surface area is 155 Å². The monoisotopic (exact) mass is 391 g/mol. The number of rotatable bonds is 4. The van der Waals surface area contributed by atoms with Crippen LogP contribution in [0, 0.1) is 6.92 Å². The molecule has 0 spiro atoms. The number of benzene rings is 2. The molecular formula is C17H13NO4S3. The zero-order chi connectivity index (χ0) is 18.0. The lowest BCUT2D eigenvalue weighted by Crippen LogP contribution is -2.17. The molecule has 1 amide bonds. The van der Waals surface area contributed by atoms with Crippen molar-refractivity contribution in [3.8, 4) is 5.75 Å². The van der Waals surface area contributed by atoms with Crippen LogP contribution in [0.25, 0.3) is 6.08 Å². The second-order valence-electron chi connectivity index (χ2n) is 5.24. The molecule has 128 valence electrons. The number of thioether (sulfide) groups is 1. The number of nitrogens with one attached hydrogen (secondary N) is 1. The van der Waals surface area contributed by atoms with Gasteiger partial charge in [-0.2, -0.15) is 8.42 Å². The van der Waals surface area contributed by atoms with Crippen molar-refractivity contribution >= 4 is 50.4 Å². The molecule has 1 heterocycles. The molecule has 1 aliphatic heterocycles. The molecule has 0 unspecified atom stereocenters. The summed E-state index contributed by atoms with van der Waals surface area (Å²) in [6.07, 6.45) is 1.55. The predicted octanol–water partition coefficient (Wildman–Crippen LogP) is 3.25. The van der Waals surface area contributed by atoms with E-state index in [1.165, 1.54) is 18.2 Å². The van der Waals surface area contributed by atoms with Gasteiger partial charge in [-0.25, -0.2) is 0 Å². The van der Waals surface area contributed by atoms with Crippen LogP contribution in [0.5, 0.6) is 5.75 Å². The van der Waals surface area contributed by atoms with Crippen LogP contribution in [-0.2, 0) is 14.9 Å². The highest BCUT2D eigenvalue weighted by Gasteiger charge is 2.23. The normalized spacial score (nSPS) is 16.1. The maximum Gasteiger partial charge on any atom is 0.339 e. The Balaban J connectivity index is 1.94. The number of aryl methyl sites for hydroxylation is 1. The quantitative estimate of drug-likeness (QED) is 0.490. The Hall–Kier alpha value is -2.16. The Morgan fingerprint density at radius 3 is 2.44 bits per heavy atom. The minimum absolute atomic E-state index is 0.0646. The van der Waals surface area contributed by atoms with E-state index in [0.29, 0.717) is 14.8 Å². The highest BCUT2D eigenvalue weighted by atomic mass is 32.2. The second-order valence-corrected chi connectivity index (χ2v) is 8.51. The molecule has 1 fully saturated rings. The van der Waals surface area contributed by atoms with Crippen molar-refractivity contribution in [3.63, 3.8) is 0 Å². The van der Waals surface area contributed by atoms with Crippen LogP contribution in [0.2, 0.25) is 0 Å². The molecule has 1 aliphatic rings. The molecular weight excluding hydrogens is 378 g/mol. The topological polar surface area (TPSA) is 72.5 Å². The Bertz CT molecular complexity index is 979. The lowest BCUT2D eigenvalue weighted by atomic mass is 10.2. The van der Waals surface area contributed by atoms with E-state index in [1.54, 1.807) is 36.4 Å². The van der Waals surface area contributed by atoms with Crippen molar-refractivity contribution in [1.82, 2.24) is 5.32 Å². The molecule has 8 heteroatoms. The summed E-state index contributed by atoms with van der Waals surface area (Å²) < 4.78 is 30.6. The summed E-state index contributed by atoms with van der Waals surface area (Å²) in [7, 11) is -3.97. The van der Waals surface area contributed by atoms with Crippen LogP contribution in [0.3, 0.4) is 0 Å². The van der Waals surface area contributed by atoms with Gasteiger partial charge in [-0.05, 0) is 31.2 Å². The highest BCUT2D eigenvalue weighted by molar-refractivity contribution is 8.26. The number of amides is 1. The summed E-state index contributed by atoms with van der Waals surface area (Å²) in [6, 6.07) is 13.0. The fourth-order valence-electron chi connectivity index (χ4n) is 2.11. The largest absolute Gasteiger partial charge is 0.378 e. The van der Waals surface area contributed by atoms with Gasteiger partial charge in [0, 0.05) is 5.56 Å². The van der Waals surface area contributed by atoms with Crippen LogP contribution in [-0.4, -0.2) is 18.6 Å². The van der Waals surface area contributed by atoms with E-state index in [1.807, 2.05) is 6.92 Å². The Kier molecular flexibility index (Phi) is 4.94. The summed E-state index contributed by atoms with van der Waals surface area (Å²) in [5.74, 6) is -0.173. The SMILES string of the molecule is Cc1ccc(S(=O)(=O)Oc2ccccc2C=C2SC(=S)NC2=O)cc1. The molecule has 3 rings (SSSR count). The van der Waals surface area contributed by atoms with Crippen molar-refractivity contribution in [1.29, 1.82) is 0 Å². The third-order valence-corrected chi connectivity index (χ3v) is 5.77. The molecule has 0 aromatic heterocycles. The zero-order valence-electron chi connectivity index (χ0n) is 13.1. The Morgan fingerprint density at radius 2 is 1.80 bits per heavy atom. The average Bonchev–Trinajstić information content (AvgIpc) is 2.87. The standard InChI is InChI=1S/C17H13NO4S3/c1-11-6-8-13(9-7-11)25(20,21)22-14-5-3-2-4-12(14)10-15-16(19)18-17(23)24-15/h2-10H,1H3,(H,18,19,23). The highest BCUT2D eigenvalue weighted by Crippen LogP contribution is 2.30. The molecule has 25 heavy (non-hydrogen) atoms. The lowest BCUT2D eigenvalue weighted by molar-refractivity contribution is -0.115. The third-order valence-electron chi connectivity index (χ3n) is 3.36. The number of hydrogen-bond donors (Lipinski definition) is 1. The molecule has 0 saturated carbocycles. The number of para-hydroxylation sites is 1. The average molecular weight is 391 g/mol. The van der Waals surface area contributed by atoms with Crippen LogP contribution in [0.1, 0.15) is 11.1 Å². The van der Waals surface area contributed by atoms with Gasteiger partial charge in [0.15, 0.2) is 0 Å². The minimum atomic E-state index is -3.97. The molecule has 2 aromatic carbocycles. The first-order valence-electron chi connectivity index (χ1n) is 7.20. The molecule has 0 aliphatic carbocycles. The lowest BCUT2D eigenvalue weighted by Gasteiger charge is -2.10. The van der Waals surface area contributed by atoms with E-state index < -0.39 is 10.1 Å². The van der Waals surface area contributed by atoms with Crippen LogP contribution >= 0.6 is 24.0 Å². The minimum Gasteiger partial charge on any atom is -0.378 e. The van der Waals surface area contributed by atoms with Crippen LogP contribution in [0.4, 0.5) is 0 Å². The van der Waals surface area contributed by atoms with E-state index in [9.17, 15) is 13.2 Å². The molecule has 0 radical (unpaired) electrons. The van der Waals surface area contributed by atoms with Crippen molar-refractivity contribution in [2.45, 2.75) is 11.8 Å². The van der Waals surface area contributed by atoms with Gasteiger partial charge in [-0.3, -0.25) is 4.79 Å². The summed E-state index contributed by atoms with van der Waals surface area (Å²) in [4.78, 5) is 12.2. The maximum atomic E-state index is 12.5. The smallest absolute Gasteiger partial charge is 0.339 e. The van der Waals surface area contributed by atoms with Crippen LogP contribution < -0.4 is 9.50 Å². The summed E-state index contributed by atoms with van der Waals surface area (Å²) in [6.45, 7) is 1.87. The van der Waals surface area contributed by atoms with E-state index in [-0.39, 0.29) is 16.6 Å². The first-order chi connectivity index (χ1) is 11.8. The van der Waals surface area contributed by atoms with E-state index >= 15 is 0 Å². The van der Waals surface area contributed by atoms with Gasteiger partial charge in [0.2, 0.25) is 0 Å². The van der Waals surface area contributed by atoms with Crippen molar-refractivity contribution < 1.29 is 17.4 Å². The number of carbonyl (C=O) groups is 1. The molecule has 1 N–H and O–H groups in total. The van der Waals surface area contributed by atoms with E-state index in [0.717, 1.165) is 17.3 Å². The zero-order valence-corrected chi connectivity index (χ0v) is 15.5. The van der Waals surface area contributed by atoms with Crippen molar-refractivity contribution in [2.24, 2.45) is 0 Å². The van der Waals surface area contributed by atoms with Crippen molar-refractivity contribution in [3.05, 3.63) is 64.6 Å². The second kappa shape index (κ2) is 6.99. The fraction of sp³-hybridized carbons (Fsp3) is 0.0588. The first-order valence-corrected chi connectivity index (χ1v) is 9.83. The molecule has 5 nitrogen and oxygen atoms in total. The third kappa shape index (κ3) is 4.09. The molecule has 0 bridgehead atoms. The summed E-state index contributed by atoms with van der Waals surface area (Å²) in [5, 5.41) is 2.51. The number of hydrogen-bond acceptors (Lipinski definition) is 6. The van der Waals surface area contributed by atoms with E-state index in [4.69, 9.17) is 16.4 Å². The van der Waals surface area contributed by atoms with Gasteiger partial charge >= 0.3 is 10.1 Å². The van der Waals surface area contributed by atoms with Gasteiger partial charge < -0.3 is 9.50 Å². The number of carbonyl (C=O) groups excluding carboxylic acids is 1. The van der Waals surface area contributed by atoms with E-state index in [2.05, 4.69) is 5.32 Å². The summed E-state index contributed by atoms with van der Waals surface area (Å²) in [5.41, 5.74) is 1.42. The molecule has 1 saturated heterocycles. The van der Waals surface area contributed by atoms with Crippen molar-refractivity contribution in [2.75, 3.05) is 0 Å². The maximum absolute atomic E-state index is 12.5. The number of thiocarbonyl (C=S) groups is 1. The summed E-state index contributed by atoms with van der Waals surface area (Å²) >= 11 is 6.07. The molecule has 2 aromatic rings. The fourth-order valence-corrected chi connectivity index (χ4v) is 4.10. The van der Waals surface area contributed by atoms with Gasteiger partial charge in [0.1, 0.15) is 15.0 Å². The van der Waals surface area contributed by atoms with Crippen LogP contribution in [0.15, 0.2) is 58.3 Å². The van der Waals surface area contributed by atoms with Gasteiger partial charge in [0.25, 0.3) is 5.91 Å². The van der Waals surface area contributed by atoms with Gasteiger partial charge in [-0.15, -0.1) is 0 Å². The van der Waals surface area contributed by atoms with Gasteiger partial charge in [-0.1, -0.05) is 59.9 Å². The molecule has 0 atom stereocenters. The first kappa shape index (κ1) is 17.7. The van der Waals surface area contributed by atoms with Gasteiger partial charge in [0.05, 0.1) is 4.91 Å². The predicted molar refractivity (Wildman–Crippen MR) is 102 cm³/mol.